The summed E-state index contributed by atoms with van der Waals surface area (Å²) >= 11 is 0. The van der Waals surface area contributed by atoms with Crippen molar-refractivity contribution in [2.24, 2.45) is 34.5 Å². The Kier molecular flexibility index (Phi) is 1.73. The lowest BCUT2D eigenvalue weighted by atomic mass is 9.52. The molecule has 3 heteroatoms. The highest BCUT2D eigenvalue weighted by Crippen LogP contribution is 2.67. The molecule has 6 unspecified atom stereocenters. The molecule has 96 valence electrons. The van der Waals surface area contributed by atoms with Gasteiger partial charge in [0.15, 0.2) is 0 Å². The zero-order valence-electron chi connectivity index (χ0n) is 10.8. The summed E-state index contributed by atoms with van der Waals surface area (Å²) in [6.07, 6.45) is 7.51. The van der Waals surface area contributed by atoms with E-state index in [4.69, 9.17) is 4.74 Å². The van der Waals surface area contributed by atoms with Crippen LogP contribution in [0.4, 0.5) is 0 Å². The predicted molar refractivity (Wildman–Crippen MR) is 64.3 cm³/mol. The number of ether oxygens (including phenoxy) is 1. The SMILES string of the molecule is CC12CC3C4C=CC(C4)C3(C)CC1C(=O)OC2=O. The lowest BCUT2D eigenvalue weighted by molar-refractivity contribution is -0.155. The number of fused-ring (bicyclic) bond motifs is 6. The second kappa shape index (κ2) is 2.89. The van der Waals surface area contributed by atoms with Crippen LogP contribution in [0.5, 0.6) is 0 Å². The van der Waals surface area contributed by atoms with Crippen LogP contribution in [-0.4, -0.2) is 11.9 Å². The van der Waals surface area contributed by atoms with Crippen molar-refractivity contribution in [3.05, 3.63) is 12.2 Å². The molecule has 4 aliphatic rings. The van der Waals surface area contributed by atoms with Gasteiger partial charge in [0.05, 0.1) is 11.3 Å². The first-order valence-electron chi connectivity index (χ1n) is 6.89. The van der Waals surface area contributed by atoms with Gasteiger partial charge in [0.2, 0.25) is 0 Å². The molecule has 6 atom stereocenters. The molecule has 0 spiro atoms. The van der Waals surface area contributed by atoms with Gasteiger partial charge in [-0.1, -0.05) is 19.1 Å². The first-order chi connectivity index (χ1) is 8.45. The fourth-order valence-corrected chi connectivity index (χ4v) is 5.08. The molecule has 1 heterocycles. The van der Waals surface area contributed by atoms with Gasteiger partial charge in [-0.05, 0) is 49.4 Å². The summed E-state index contributed by atoms with van der Waals surface area (Å²) in [7, 11) is 0. The van der Waals surface area contributed by atoms with E-state index in [-0.39, 0.29) is 23.3 Å². The number of esters is 2. The van der Waals surface area contributed by atoms with Gasteiger partial charge in [0.25, 0.3) is 0 Å². The van der Waals surface area contributed by atoms with Crippen LogP contribution >= 0.6 is 0 Å². The Morgan fingerprint density at radius 3 is 2.78 bits per heavy atom. The van der Waals surface area contributed by atoms with Gasteiger partial charge < -0.3 is 4.74 Å². The van der Waals surface area contributed by atoms with E-state index < -0.39 is 5.41 Å². The smallest absolute Gasteiger partial charge is 0.320 e. The standard InChI is InChI=1S/C15H18O3/c1-14-7-11-12(16)18-13(17)15(11,2)6-10(14)8-3-4-9(14)5-8/h3-4,8-11H,5-7H2,1-2H3. The largest absolute Gasteiger partial charge is 0.392 e. The maximum Gasteiger partial charge on any atom is 0.320 e. The number of carbonyl (C=O) groups excluding carboxylic acids is 2. The molecule has 4 rings (SSSR count). The third kappa shape index (κ3) is 0.987. The number of rotatable bonds is 0. The number of hydrogen-bond donors (Lipinski definition) is 0. The molecule has 3 fully saturated rings. The van der Waals surface area contributed by atoms with Crippen molar-refractivity contribution in [1.82, 2.24) is 0 Å². The number of cyclic esters (lactones) is 2. The van der Waals surface area contributed by atoms with E-state index in [0.717, 1.165) is 12.8 Å². The van der Waals surface area contributed by atoms with Gasteiger partial charge in [0.1, 0.15) is 0 Å². The van der Waals surface area contributed by atoms with Crippen molar-refractivity contribution in [3.63, 3.8) is 0 Å². The Morgan fingerprint density at radius 1 is 1.22 bits per heavy atom. The average Bonchev–Trinajstić information content (AvgIpc) is 2.93. The van der Waals surface area contributed by atoms with Gasteiger partial charge >= 0.3 is 11.9 Å². The molecule has 1 aliphatic heterocycles. The van der Waals surface area contributed by atoms with Crippen LogP contribution in [0.3, 0.4) is 0 Å². The molecule has 2 bridgehead atoms. The van der Waals surface area contributed by atoms with Crippen molar-refractivity contribution in [2.75, 3.05) is 0 Å². The molecule has 0 aromatic heterocycles. The molecular weight excluding hydrogens is 228 g/mol. The minimum Gasteiger partial charge on any atom is -0.392 e. The van der Waals surface area contributed by atoms with Gasteiger partial charge in [0, 0.05) is 0 Å². The van der Waals surface area contributed by atoms with Crippen LogP contribution in [0.15, 0.2) is 12.2 Å². The van der Waals surface area contributed by atoms with E-state index in [9.17, 15) is 9.59 Å². The molecule has 18 heavy (non-hydrogen) atoms. The first-order valence-corrected chi connectivity index (χ1v) is 6.89. The van der Waals surface area contributed by atoms with Crippen LogP contribution in [-0.2, 0) is 14.3 Å². The highest BCUT2D eigenvalue weighted by atomic mass is 16.6. The Bertz CT molecular complexity index is 494. The van der Waals surface area contributed by atoms with E-state index in [0.29, 0.717) is 17.8 Å². The fourth-order valence-electron chi connectivity index (χ4n) is 5.08. The van der Waals surface area contributed by atoms with Gasteiger partial charge in [-0.2, -0.15) is 0 Å². The quantitative estimate of drug-likeness (QED) is 0.374. The summed E-state index contributed by atoms with van der Waals surface area (Å²) in [6, 6.07) is 0. The molecule has 2 saturated carbocycles. The van der Waals surface area contributed by atoms with E-state index >= 15 is 0 Å². The van der Waals surface area contributed by atoms with Crippen LogP contribution < -0.4 is 0 Å². The van der Waals surface area contributed by atoms with Crippen LogP contribution in [0, 0.1) is 34.5 Å². The summed E-state index contributed by atoms with van der Waals surface area (Å²) < 4.78 is 4.91. The van der Waals surface area contributed by atoms with Crippen LogP contribution in [0.1, 0.15) is 33.1 Å². The van der Waals surface area contributed by atoms with E-state index in [2.05, 4.69) is 19.1 Å². The van der Waals surface area contributed by atoms with E-state index in [1.54, 1.807) is 0 Å². The highest BCUT2D eigenvalue weighted by molar-refractivity contribution is 5.99. The maximum absolute atomic E-state index is 12.0. The first kappa shape index (κ1) is 10.8. The summed E-state index contributed by atoms with van der Waals surface area (Å²) in [5.41, 5.74) is -0.354. The summed E-state index contributed by atoms with van der Waals surface area (Å²) in [6.45, 7) is 4.24. The molecule has 0 aromatic rings. The Hall–Kier alpha value is -1.12. The monoisotopic (exact) mass is 246 g/mol. The van der Waals surface area contributed by atoms with Crippen LogP contribution in [0.2, 0.25) is 0 Å². The highest BCUT2D eigenvalue weighted by Gasteiger charge is 2.66. The molecule has 0 aromatic carbocycles. The molecule has 0 N–H and O–H groups in total. The zero-order chi connectivity index (χ0) is 12.7. The lowest BCUT2D eigenvalue weighted by Gasteiger charge is -2.49. The normalized spacial score (nSPS) is 56.6. The van der Waals surface area contributed by atoms with Crippen molar-refractivity contribution in [1.29, 1.82) is 0 Å². The third-order valence-electron chi connectivity index (χ3n) is 6.33. The fraction of sp³-hybridized carbons (Fsp3) is 0.733. The van der Waals surface area contributed by atoms with Gasteiger partial charge in [-0.3, -0.25) is 9.59 Å². The van der Waals surface area contributed by atoms with Crippen LogP contribution in [0.25, 0.3) is 0 Å². The van der Waals surface area contributed by atoms with Crippen molar-refractivity contribution >= 4 is 11.9 Å². The maximum atomic E-state index is 12.0. The Balaban J connectivity index is 1.79. The lowest BCUT2D eigenvalue weighted by Crippen LogP contribution is -2.47. The predicted octanol–water partition coefficient (Wildman–Crippen LogP) is 2.31. The van der Waals surface area contributed by atoms with Crippen molar-refractivity contribution in [2.45, 2.75) is 33.1 Å². The molecule has 3 nitrogen and oxygen atoms in total. The van der Waals surface area contributed by atoms with E-state index in [1.807, 2.05) is 6.92 Å². The summed E-state index contributed by atoms with van der Waals surface area (Å²) in [4.78, 5) is 23.9. The number of carbonyl (C=O) groups is 2. The molecule has 3 aliphatic carbocycles. The Labute approximate surface area is 107 Å². The molecule has 1 saturated heterocycles. The van der Waals surface area contributed by atoms with Gasteiger partial charge in [-0.15, -0.1) is 0 Å². The molecule has 0 radical (unpaired) electrons. The third-order valence-corrected chi connectivity index (χ3v) is 6.33. The second-order valence-electron chi connectivity index (χ2n) is 7.09. The van der Waals surface area contributed by atoms with Crippen molar-refractivity contribution in [3.8, 4) is 0 Å². The number of hydrogen-bond acceptors (Lipinski definition) is 3. The molecular formula is C15H18O3. The average molecular weight is 246 g/mol. The van der Waals surface area contributed by atoms with E-state index in [1.165, 1.54) is 6.42 Å². The number of allylic oxidation sites excluding steroid dienone is 2. The zero-order valence-corrected chi connectivity index (χ0v) is 10.8. The van der Waals surface area contributed by atoms with Gasteiger partial charge in [-0.25, -0.2) is 0 Å². The van der Waals surface area contributed by atoms with Crippen molar-refractivity contribution < 1.29 is 14.3 Å². The topological polar surface area (TPSA) is 43.4 Å². The molecule has 0 amide bonds. The minimum atomic E-state index is -0.556. The summed E-state index contributed by atoms with van der Waals surface area (Å²) in [5.74, 6) is 0.980. The minimum absolute atomic E-state index is 0.202. The Morgan fingerprint density at radius 2 is 2.00 bits per heavy atom. The second-order valence-corrected chi connectivity index (χ2v) is 7.09. The summed E-state index contributed by atoms with van der Waals surface area (Å²) in [5, 5.41) is 0.